The van der Waals surface area contributed by atoms with E-state index in [1.54, 1.807) is 25.3 Å². The molecule has 1 N–H and O–H groups in total. The molecule has 26 heavy (non-hydrogen) atoms. The highest BCUT2D eigenvalue weighted by Gasteiger charge is 2.36. The summed E-state index contributed by atoms with van der Waals surface area (Å²) in [6.45, 7) is 2.23. The minimum absolute atomic E-state index is 0.146. The maximum absolute atomic E-state index is 13.1. The first-order valence-corrected chi connectivity index (χ1v) is 10.8. The number of sulfonamides is 1. The minimum Gasteiger partial charge on any atom is -0.497 e. The van der Waals surface area contributed by atoms with Gasteiger partial charge in [0.15, 0.2) is 0 Å². The van der Waals surface area contributed by atoms with Gasteiger partial charge in [0.25, 0.3) is 0 Å². The number of methoxy groups -OCH3 is 1. The van der Waals surface area contributed by atoms with Crippen LogP contribution in [0.25, 0.3) is 0 Å². The average Bonchev–Trinajstić information content (AvgIpc) is 3.46. The van der Waals surface area contributed by atoms with Crippen LogP contribution >= 0.6 is 15.9 Å². The normalized spacial score (nSPS) is 15.5. The smallest absolute Gasteiger partial charge is 0.244 e. The summed E-state index contributed by atoms with van der Waals surface area (Å²) in [6.07, 6.45) is 2.02. The van der Waals surface area contributed by atoms with E-state index in [0.717, 1.165) is 24.2 Å². The standard InChI is InChI=1S/C19H22BrNO4S/c1-3-25-17-11-8-15(20)12-18(17)26(22,23)21-19(13-4-5-13)14-6-9-16(24-2)10-7-14/h6-13,19,21H,3-5H2,1-2H3. The first-order chi connectivity index (χ1) is 12.4. The molecule has 0 aliphatic heterocycles. The zero-order valence-electron chi connectivity index (χ0n) is 14.7. The minimum atomic E-state index is -3.74. The van der Waals surface area contributed by atoms with Crippen molar-refractivity contribution >= 4 is 26.0 Å². The molecule has 0 radical (unpaired) electrons. The van der Waals surface area contributed by atoms with E-state index >= 15 is 0 Å². The topological polar surface area (TPSA) is 64.6 Å². The molecular formula is C19H22BrNO4S. The molecule has 140 valence electrons. The second-order valence-electron chi connectivity index (χ2n) is 6.23. The van der Waals surface area contributed by atoms with Crippen molar-refractivity contribution in [3.05, 3.63) is 52.5 Å². The zero-order valence-corrected chi connectivity index (χ0v) is 17.1. The molecule has 0 spiro atoms. The lowest BCUT2D eigenvalue weighted by atomic mass is 10.0. The van der Waals surface area contributed by atoms with E-state index < -0.39 is 10.0 Å². The maximum atomic E-state index is 13.1. The second kappa shape index (κ2) is 7.98. The van der Waals surface area contributed by atoms with Crippen molar-refractivity contribution < 1.29 is 17.9 Å². The molecule has 2 aromatic rings. The predicted octanol–water partition coefficient (Wildman–Crippen LogP) is 4.29. The Labute approximate surface area is 162 Å². The zero-order chi connectivity index (χ0) is 18.7. The molecule has 0 amide bonds. The molecule has 0 saturated heterocycles. The van der Waals surface area contributed by atoms with Crippen molar-refractivity contribution in [2.75, 3.05) is 13.7 Å². The van der Waals surface area contributed by atoms with Gasteiger partial charge >= 0.3 is 0 Å². The Balaban J connectivity index is 1.92. The summed E-state index contributed by atoms with van der Waals surface area (Å²) < 4.78 is 40.4. The van der Waals surface area contributed by atoms with Gasteiger partial charge in [0.05, 0.1) is 13.7 Å². The highest BCUT2D eigenvalue weighted by Crippen LogP contribution is 2.42. The highest BCUT2D eigenvalue weighted by molar-refractivity contribution is 9.10. The molecule has 0 aromatic heterocycles. The number of benzene rings is 2. The molecule has 3 rings (SSSR count). The first kappa shape index (κ1) is 19.2. The van der Waals surface area contributed by atoms with Crippen LogP contribution in [0.2, 0.25) is 0 Å². The summed E-state index contributed by atoms with van der Waals surface area (Å²) in [5.74, 6) is 1.41. The van der Waals surface area contributed by atoms with Gasteiger partial charge in [0.1, 0.15) is 16.4 Å². The van der Waals surface area contributed by atoms with Gasteiger partial charge in [-0.15, -0.1) is 0 Å². The monoisotopic (exact) mass is 439 g/mol. The van der Waals surface area contributed by atoms with Crippen molar-refractivity contribution in [3.8, 4) is 11.5 Å². The third-order valence-corrected chi connectivity index (χ3v) is 6.30. The Morgan fingerprint density at radius 3 is 2.46 bits per heavy atom. The van der Waals surface area contributed by atoms with Crippen LogP contribution in [0, 0.1) is 5.92 Å². The number of nitrogens with one attached hydrogen (secondary N) is 1. The Morgan fingerprint density at radius 1 is 1.19 bits per heavy atom. The van der Waals surface area contributed by atoms with Crippen LogP contribution in [-0.4, -0.2) is 22.1 Å². The van der Waals surface area contributed by atoms with Gasteiger partial charge < -0.3 is 9.47 Å². The van der Waals surface area contributed by atoms with Gasteiger partial charge in [-0.25, -0.2) is 13.1 Å². The van der Waals surface area contributed by atoms with Crippen LogP contribution in [0.4, 0.5) is 0 Å². The van der Waals surface area contributed by atoms with Crippen molar-refractivity contribution in [2.45, 2.75) is 30.7 Å². The third-order valence-electron chi connectivity index (χ3n) is 4.35. The predicted molar refractivity (Wildman–Crippen MR) is 104 cm³/mol. The number of ether oxygens (including phenoxy) is 2. The van der Waals surface area contributed by atoms with E-state index in [9.17, 15) is 8.42 Å². The van der Waals surface area contributed by atoms with Gasteiger partial charge in [-0.3, -0.25) is 0 Å². The van der Waals surface area contributed by atoms with Crippen LogP contribution in [0.15, 0.2) is 51.8 Å². The lowest BCUT2D eigenvalue weighted by Crippen LogP contribution is -2.30. The molecule has 1 aliphatic rings. The van der Waals surface area contributed by atoms with Crippen LogP contribution < -0.4 is 14.2 Å². The van der Waals surface area contributed by atoms with Crippen molar-refractivity contribution in [2.24, 2.45) is 5.92 Å². The van der Waals surface area contributed by atoms with Gasteiger partial charge in [0.2, 0.25) is 10.0 Å². The summed E-state index contributed by atoms with van der Waals surface area (Å²) in [4.78, 5) is 0.146. The Bertz CT molecular complexity index is 864. The van der Waals surface area contributed by atoms with E-state index in [0.29, 0.717) is 22.7 Å². The summed E-state index contributed by atoms with van der Waals surface area (Å²) in [6, 6.07) is 12.3. The molecule has 1 aliphatic carbocycles. The number of hydrogen-bond acceptors (Lipinski definition) is 4. The van der Waals surface area contributed by atoms with Crippen LogP contribution in [0.1, 0.15) is 31.4 Å². The van der Waals surface area contributed by atoms with Crippen molar-refractivity contribution in [3.63, 3.8) is 0 Å². The fourth-order valence-corrected chi connectivity index (χ4v) is 4.85. The van der Waals surface area contributed by atoms with Crippen LogP contribution in [0.3, 0.4) is 0 Å². The number of halogens is 1. The largest absolute Gasteiger partial charge is 0.497 e. The highest BCUT2D eigenvalue weighted by atomic mass is 79.9. The lowest BCUT2D eigenvalue weighted by molar-refractivity contribution is 0.330. The van der Waals surface area contributed by atoms with Crippen molar-refractivity contribution in [1.82, 2.24) is 4.72 Å². The van der Waals surface area contributed by atoms with E-state index in [4.69, 9.17) is 9.47 Å². The summed E-state index contributed by atoms with van der Waals surface area (Å²) >= 11 is 3.35. The van der Waals surface area contributed by atoms with Crippen LogP contribution in [-0.2, 0) is 10.0 Å². The van der Waals surface area contributed by atoms with E-state index in [1.807, 2.05) is 31.2 Å². The molecule has 1 atom stereocenters. The SMILES string of the molecule is CCOc1ccc(Br)cc1S(=O)(=O)NC(c1ccc(OC)cc1)C1CC1. The Kier molecular flexibility index (Phi) is 5.89. The molecule has 7 heteroatoms. The number of hydrogen-bond donors (Lipinski definition) is 1. The molecule has 1 fully saturated rings. The fraction of sp³-hybridized carbons (Fsp3) is 0.368. The van der Waals surface area contributed by atoms with Gasteiger partial charge in [-0.2, -0.15) is 0 Å². The lowest BCUT2D eigenvalue weighted by Gasteiger charge is -2.20. The summed E-state index contributed by atoms with van der Waals surface area (Å²) in [5, 5.41) is 0. The van der Waals surface area contributed by atoms with Gasteiger partial charge in [-0.1, -0.05) is 28.1 Å². The Hall–Kier alpha value is -1.57. The second-order valence-corrected chi connectivity index (χ2v) is 8.83. The Morgan fingerprint density at radius 2 is 1.88 bits per heavy atom. The third kappa shape index (κ3) is 4.39. The summed E-state index contributed by atoms with van der Waals surface area (Å²) in [5.41, 5.74) is 0.935. The van der Waals surface area contributed by atoms with Crippen molar-refractivity contribution in [1.29, 1.82) is 0 Å². The first-order valence-electron chi connectivity index (χ1n) is 8.53. The van der Waals surface area contributed by atoms with Gasteiger partial charge in [-0.05, 0) is 61.6 Å². The molecule has 5 nitrogen and oxygen atoms in total. The quantitative estimate of drug-likeness (QED) is 0.666. The van der Waals surface area contributed by atoms with E-state index in [1.165, 1.54) is 0 Å². The number of rotatable bonds is 8. The molecule has 0 heterocycles. The summed E-state index contributed by atoms with van der Waals surface area (Å²) in [7, 11) is -2.13. The molecule has 1 saturated carbocycles. The molecule has 2 aromatic carbocycles. The van der Waals surface area contributed by atoms with Gasteiger partial charge in [0, 0.05) is 10.5 Å². The molecular weight excluding hydrogens is 418 g/mol. The van der Waals surface area contributed by atoms with E-state index in [2.05, 4.69) is 20.7 Å². The average molecular weight is 440 g/mol. The molecule has 1 unspecified atom stereocenters. The van der Waals surface area contributed by atoms with E-state index in [-0.39, 0.29) is 10.9 Å². The van der Waals surface area contributed by atoms with Crippen LogP contribution in [0.5, 0.6) is 11.5 Å². The molecule has 0 bridgehead atoms. The fourth-order valence-electron chi connectivity index (χ4n) is 2.87. The maximum Gasteiger partial charge on any atom is 0.244 e.